The van der Waals surface area contributed by atoms with E-state index in [0.29, 0.717) is 21.7 Å². The number of carbonyl (C=O) groups excluding carboxylic acids is 5. The van der Waals surface area contributed by atoms with E-state index in [9.17, 15) is 59.2 Å². The maximum atomic E-state index is 13.4. The van der Waals surface area contributed by atoms with Crippen LogP contribution >= 0.6 is 34.7 Å². The summed E-state index contributed by atoms with van der Waals surface area (Å²) in [4.78, 5) is 98.7. The number of hydrazine groups is 1. The Kier molecular flexibility index (Phi) is 9.83. The predicted octanol–water partition coefficient (Wildman–Crippen LogP) is -1.86. The molecule has 0 saturated carbocycles. The van der Waals surface area contributed by atoms with Crippen LogP contribution in [0.25, 0.3) is 0 Å². The quantitative estimate of drug-likeness (QED) is 0.0309. The zero-order valence-electron chi connectivity index (χ0n) is 26.5. The molecule has 2 aromatic rings. The molecule has 3 atom stereocenters. The average molecular weight is 784 g/mol. The Labute approximate surface area is 303 Å². The first-order valence-electron chi connectivity index (χ1n) is 14.5. The van der Waals surface area contributed by atoms with E-state index in [1.54, 1.807) is 0 Å². The van der Waals surface area contributed by atoms with E-state index in [4.69, 9.17) is 22.2 Å². The van der Waals surface area contributed by atoms with Gasteiger partial charge >= 0.3 is 23.8 Å². The number of phenolic OH excluding ortho intramolecular Hbond substituents is 2. The summed E-state index contributed by atoms with van der Waals surface area (Å²) < 4.78 is 0. The van der Waals surface area contributed by atoms with Crippen molar-refractivity contribution in [2.24, 2.45) is 10.3 Å². The highest BCUT2D eigenvalue weighted by atomic mass is 35.5. The minimum absolute atomic E-state index is 0.0272. The standard InChI is InChI=1S/C27H26ClN9O13S2/c1-26(2,23(45)46)50-34-14(10-7-51-25(29)30-10)17(40)31-15-19(42)35-8-27(24(47)48,52-22(15)35)36-5-6-37(21(44)20(36)43)32-18(41)13(33-49)9-3-4-11(38)16(39)12(9)28/h3-4,7,15,22,38-39,49H,5-6,8H2,1-2H3,(H2,29,30)(H,31,40)(H,32,41)(H,45,46)(H,47,48)/b33-13-,34-14-/t15-,22-,27-/m1/s1. The number of nitrogens with two attached hydrogens (primary N) is 1. The number of nitrogen functional groups attached to an aromatic ring is 1. The third-order valence-corrected chi connectivity index (χ3v) is 10.6. The van der Waals surface area contributed by atoms with Gasteiger partial charge < -0.3 is 51.3 Å². The summed E-state index contributed by atoms with van der Waals surface area (Å²) in [5.41, 5.74) is 4.00. The molecule has 1 aromatic carbocycles. The number of hydrogen-bond donors (Lipinski definition) is 8. The molecule has 4 heterocycles. The Morgan fingerprint density at radius 1 is 1.10 bits per heavy atom. The Bertz CT molecular complexity index is 1990. The van der Waals surface area contributed by atoms with Crippen LogP contribution in [0.3, 0.4) is 0 Å². The highest BCUT2D eigenvalue weighted by Gasteiger charge is 2.66. The molecule has 0 aliphatic carbocycles. The first kappa shape index (κ1) is 37.4. The molecule has 0 bridgehead atoms. The number of carboxylic acid groups (broad SMARTS) is 2. The second kappa shape index (κ2) is 13.7. The minimum atomic E-state index is -2.23. The van der Waals surface area contributed by atoms with Crippen LogP contribution in [0, 0.1) is 0 Å². The summed E-state index contributed by atoms with van der Waals surface area (Å²) in [6.45, 7) is 0.761. The van der Waals surface area contributed by atoms with Crippen LogP contribution in [0.2, 0.25) is 5.02 Å². The second-order valence-electron chi connectivity index (χ2n) is 11.5. The lowest BCUT2D eigenvalue weighted by atomic mass is 10.0. The zero-order valence-corrected chi connectivity index (χ0v) is 28.9. The first-order valence-corrected chi connectivity index (χ1v) is 16.6. The highest BCUT2D eigenvalue weighted by molar-refractivity contribution is 8.02. The number of thiazole rings is 1. The number of nitrogens with zero attached hydrogens (tertiary/aromatic N) is 6. The zero-order chi connectivity index (χ0) is 38.4. The normalized spacial score (nSPS) is 22.1. The molecule has 22 nitrogen and oxygen atoms in total. The van der Waals surface area contributed by atoms with Crippen molar-refractivity contribution in [3.05, 3.63) is 33.8 Å². The number of aliphatic carboxylic acids is 2. The molecule has 9 N–H and O–H groups in total. The van der Waals surface area contributed by atoms with Gasteiger partial charge in [-0.25, -0.2) is 19.6 Å². The van der Waals surface area contributed by atoms with Gasteiger partial charge in [-0.15, -0.1) is 11.3 Å². The number of fused-ring (bicyclic) bond motifs is 1. The number of thioether (sulfide) groups is 1. The first-order chi connectivity index (χ1) is 24.3. The second-order valence-corrected chi connectivity index (χ2v) is 14.2. The fraction of sp³-hybridized carbons (Fsp3) is 0.333. The van der Waals surface area contributed by atoms with Gasteiger partial charge in [0.05, 0.1) is 18.1 Å². The average Bonchev–Trinajstić information content (AvgIpc) is 3.68. The number of rotatable bonds is 11. The molecule has 3 aliphatic heterocycles. The van der Waals surface area contributed by atoms with E-state index in [-0.39, 0.29) is 16.4 Å². The van der Waals surface area contributed by atoms with Gasteiger partial charge in [0.1, 0.15) is 17.1 Å². The maximum Gasteiger partial charge on any atom is 0.350 e. The van der Waals surface area contributed by atoms with E-state index in [2.05, 4.69) is 26.0 Å². The van der Waals surface area contributed by atoms with Crippen LogP contribution in [0.1, 0.15) is 25.1 Å². The van der Waals surface area contributed by atoms with Crippen LogP contribution in [0.15, 0.2) is 27.8 Å². The number of halogens is 1. The third-order valence-electron chi connectivity index (χ3n) is 7.88. The molecule has 52 heavy (non-hydrogen) atoms. The molecule has 0 unspecified atom stereocenters. The van der Waals surface area contributed by atoms with E-state index >= 15 is 0 Å². The summed E-state index contributed by atoms with van der Waals surface area (Å²) in [5, 5.41) is 57.8. The van der Waals surface area contributed by atoms with Gasteiger partial charge in [0.25, 0.3) is 11.8 Å². The Morgan fingerprint density at radius 2 is 1.79 bits per heavy atom. The lowest BCUT2D eigenvalue weighted by Gasteiger charge is -2.41. The molecule has 3 fully saturated rings. The summed E-state index contributed by atoms with van der Waals surface area (Å²) in [7, 11) is 0. The van der Waals surface area contributed by atoms with Gasteiger partial charge in [0.2, 0.25) is 16.4 Å². The third kappa shape index (κ3) is 6.41. The van der Waals surface area contributed by atoms with E-state index in [1.165, 1.54) is 19.2 Å². The number of amides is 5. The van der Waals surface area contributed by atoms with Gasteiger partial charge in [-0.1, -0.05) is 33.7 Å². The molecule has 25 heteroatoms. The van der Waals surface area contributed by atoms with Crippen molar-refractivity contribution in [2.45, 2.75) is 35.7 Å². The lowest BCUT2D eigenvalue weighted by Crippen LogP contribution is -2.69. The fourth-order valence-electron chi connectivity index (χ4n) is 5.04. The molecule has 0 radical (unpaired) electrons. The molecule has 276 valence electrons. The van der Waals surface area contributed by atoms with E-state index in [0.717, 1.165) is 28.4 Å². The van der Waals surface area contributed by atoms with Crippen molar-refractivity contribution < 1.29 is 64.0 Å². The number of anilines is 1. The van der Waals surface area contributed by atoms with Crippen molar-refractivity contribution in [3.63, 3.8) is 0 Å². The van der Waals surface area contributed by atoms with Crippen LogP contribution in [0.4, 0.5) is 5.13 Å². The molecule has 5 rings (SSSR count). The number of β-lactam (4-membered cyclic amide) rings is 1. The van der Waals surface area contributed by atoms with Crippen LogP contribution < -0.4 is 16.5 Å². The summed E-state index contributed by atoms with van der Waals surface area (Å²) >= 11 is 7.45. The van der Waals surface area contributed by atoms with Crippen molar-refractivity contribution >= 4 is 92.7 Å². The molecule has 0 spiro atoms. The van der Waals surface area contributed by atoms with Crippen LogP contribution in [-0.2, 0) is 38.4 Å². The number of piperazine rings is 1. The molecule has 1 aromatic heterocycles. The van der Waals surface area contributed by atoms with Gasteiger partial charge in [0.15, 0.2) is 28.1 Å². The number of benzene rings is 1. The highest BCUT2D eigenvalue weighted by Crippen LogP contribution is 2.49. The lowest BCUT2D eigenvalue weighted by molar-refractivity contribution is -0.167. The SMILES string of the molecule is CC(C)(O/N=C(\C(=O)N[C@@H]1C(=O)N2C[C@@](C(=O)O)(N3CCN(NC(=O)/C(=N\O)c4ccc(O)c(O)c4Cl)C(=O)C3=O)S[C@H]12)c1csc(N)n1)C(=O)O. The van der Waals surface area contributed by atoms with E-state index < -0.39 is 111 Å². The smallest absolute Gasteiger partial charge is 0.350 e. The predicted molar refractivity (Wildman–Crippen MR) is 176 cm³/mol. The number of phenols is 2. The maximum absolute atomic E-state index is 13.4. The fourth-order valence-corrected chi connectivity index (χ4v) is 7.47. The number of carboxylic acids is 2. The summed E-state index contributed by atoms with van der Waals surface area (Å²) in [5.74, 6) is -10.4. The summed E-state index contributed by atoms with van der Waals surface area (Å²) in [6.07, 6.45) is 0. The molecular formula is C27H26ClN9O13S2. The number of nitrogens with one attached hydrogen (secondary N) is 2. The molecular weight excluding hydrogens is 758 g/mol. The minimum Gasteiger partial charge on any atom is -0.504 e. The number of oxime groups is 2. The Morgan fingerprint density at radius 3 is 2.38 bits per heavy atom. The number of carbonyl (C=O) groups is 7. The van der Waals surface area contributed by atoms with E-state index in [1.807, 2.05) is 0 Å². The topological polar surface area (TPSA) is 327 Å². The Balaban J connectivity index is 1.31. The number of aromatic hydroxyl groups is 2. The van der Waals surface area contributed by atoms with Gasteiger partial charge in [-0.3, -0.25) is 29.4 Å². The molecule has 3 saturated heterocycles. The van der Waals surface area contributed by atoms with Crippen LogP contribution in [0.5, 0.6) is 11.5 Å². The van der Waals surface area contributed by atoms with Gasteiger partial charge in [-0.2, -0.15) is 0 Å². The van der Waals surface area contributed by atoms with Crippen molar-refractivity contribution in [1.82, 2.24) is 30.5 Å². The van der Waals surface area contributed by atoms with Crippen molar-refractivity contribution in [3.8, 4) is 11.5 Å². The largest absolute Gasteiger partial charge is 0.504 e. The van der Waals surface area contributed by atoms with Gasteiger partial charge in [-0.05, 0) is 26.0 Å². The number of aromatic nitrogens is 1. The van der Waals surface area contributed by atoms with Crippen molar-refractivity contribution in [2.75, 3.05) is 25.4 Å². The van der Waals surface area contributed by atoms with Crippen molar-refractivity contribution in [1.29, 1.82) is 0 Å². The molecule has 5 amide bonds. The Hall–Kier alpha value is -5.88. The van der Waals surface area contributed by atoms with Gasteiger partial charge in [0, 0.05) is 17.5 Å². The monoisotopic (exact) mass is 783 g/mol. The van der Waals surface area contributed by atoms with Crippen LogP contribution in [-0.4, -0.2) is 140 Å². The number of hydrogen-bond acceptors (Lipinski definition) is 17. The molecule has 3 aliphatic rings. The summed E-state index contributed by atoms with van der Waals surface area (Å²) in [6, 6.07) is 0.598.